The molecule has 0 aromatic heterocycles. The predicted molar refractivity (Wildman–Crippen MR) is 101 cm³/mol. The molecular formula is C21H22N2O4. The molecule has 1 saturated heterocycles. The molecular weight excluding hydrogens is 344 g/mol. The first kappa shape index (κ1) is 18.6. The van der Waals surface area contributed by atoms with Gasteiger partial charge in [0.1, 0.15) is 6.04 Å². The van der Waals surface area contributed by atoms with Crippen LogP contribution in [0.2, 0.25) is 0 Å². The number of carbonyl (C=O) groups excluding carboxylic acids is 3. The number of nitrogens with zero attached hydrogens (tertiary/aromatic N) is 2. The zero-order chi connectivity index (χ0) is 19.6. The molecule has 140 valence electrons. The number of methoxy groups -OCH3 is 1. The van der Waals surface area contributed by atoms with Crippen LogP contribution < -0.4 is 0 Å². The number of rotatable bonds is 3. The molecule has 1 heterocycles. The number of hydrogen-bond acceptors (Lipinski definition) is 4. The van der Waals surface area contributed by atoms with Crippen LogP contribution in [0.15, 0.2) is 48.5 Å². The molecule has 0 spiro atoms. The Morgan fingerprint density at radius 1 is 1.00 bits per heavy atom. The Balaban J connectivity index is 1.80. The van der Waals surface area contributed by atoms with E-state index in [1.54, 1.807) is 54.1 Å². The zero-order valence-corrected chi connectivity index (χ0v) is 15.6. The van der Waals surface area contributed by atoms with E-state index in [0.29, 0.717) is 24.2 Å². The topological polar surface area (TPSA) is 66.9 Å². The number of ether oxygens (including phenoxy) is 1. The molecule has 3 rings (SSSR count). The second-order valence-electron chi connectivity index (χ2n) is 6.58. The Morgan fingerprint density at radius 2 is 1.70 bits per heavy atom. The summed E-state index contributed by atoms with van der Waals surface area (Å²) < 4.78 is 4.75. The molecule has 1 fully saturated rings. The van der Waals surface area contributed by atoms with Gasteiger partial charge in [0.25, 0.3) is 5.91 Å². The molecule has 2 aromatic carbocycles. The summed E-state index contributed by atoms with van der Waals surface area (Å²) in [6.07, 6.45) is 0. The van der Waals surface area contributed by atoms with E-state index in [1.165, 1.54) is 7.11 Å². The standard InChI is InChI=1S/C21H22N2O4/c1-14-19(24)22(2)11-12-23(14)20(25)16-9-7-15(8-10-16)17-5-4-6-18(13-17)21(26)27-3/h4-10,13-14H,11-12H2,1-3H3/t14-/m0/s1. The Morgan fingerprint density at radius 3 is 2.37 bits per heavy atom. The minimum Gasteiger partial charge on any atom is -0.465 e. The SMILES string of the molecule is COC(=O)c1cccc(-c2ccc(C(=O)N3CCN(C)C(=O)[C@@H]3C)cc2)c1. The molecule has 27 heavy (non-hydrogen) atoms. The number of carbonyl (C=O) groups is 3. The first-order valence-electron chi connectivity index (χ1n) is 8.77. The van der Waals surface area contributed by atoms with Gasteiger partial charge in [0.05, 0.1) is 12.7 Å². The Bertz CT molecular complexity index is 876. The summed E-state index contributed by atoms with van der Waals surface area (Å²) in [5, 5.41) is 0. The minimum atomic E-state index is -0.465. The maximum Gasteiger partial charge on any atom is 0.337 e. The fourth-order valence-electron chi connectivity index (χ4n) is 3.21. The maximum absolute atomic E-state index is 12.8. The third-order valence-corrected chi connectivity index (χ3v) is 4.89. The van der Waals surface area contributed by atoms with Crippen LogP contribution in [0.1, 0.15) is 27.6 Å². The van der Waals surface area contributed by atoms with E-state index in [1.807, 2.05) is 18.2 Å². The number of benzene rings is 2. The van der Waals surface area contributed by atoms with Gasteiger partial charge in [-0.1, -0.05) is 24.3 Å². The highest BCUT2D eigenvalue weighted by atomic mass is 16.5. The Kier molecular flexibility index (Phi) is 5.26. The molecule has 0 unspecified atom stereocenters. The van der Waals surface area contributed by atoms with Crippen molar-refractivity contribution in [3.05, 3.63) is 59.7 Å². The van der Waals surface area contributed by atoms with Gasteiger partial charge in [0, 0.05) is 25.7 Å². The smallest absolute Gasteiger partial charge is 0.337 e. The van der Waals surface area contributed by atoms with Crippen molar-refractivity contribution < 1.29 is 19.1 Å². The van der Waals surface area contributed by atoms with Crippen LogP contribution in [-0.2, 0) is 9.53 Å². The van der Waals surface area contributed by atoms with E-state index in [9.17, 15) is 14.4 Å². The van der Waals surface area contributed by atoms with Crippen LogP contribution in [0, 0.1) is 0 Å². The van der Waals surface area contributed by atoms with Gasteiger partial charge < -0.3 is 14.5 Å². The van der Waals surface area contributed by atoms with Crippen LogP contribution in [0.25, 0.3) is 11.1 Å². The largest absolute Gasteiger partial charge is 0.465 e. The van der Waals surface area contributed by atoms with Gasteiger partial charge in [-0.05, 0) is 42.3 Å². The van der Waals surface area contributed by atoms with Crippen molar-refractivity contribution in [1.29, 1.82) is 0 Å². The monoisotopic (exact) mass is 366 g/mol. The van der Waals surface area contributed by atoms with Gasteiger partial charge in [-0.15, -0.1) is 0 Å². The number of piperazine rings is 1. The lowest BCUT2D eigenvalue weighted by Crippen LogP contribution is -2.56. The highest BCUT2D eigenvalue weighted by Gasteiger charge is 2.32. The van der Waals surface area contributed by atoms with Crippen molar-refractivity contribution in [3.8, 4) is 11.1 Å². The van der Waals surface area contributed by atoms with E-state index < -0.39 is 12.0 Å². The average molecular weight is 366 g/mol. The van der Waals surface area contributed by atoms with E-state index in [-0.39, 0.29) is 11.8 Å². The third-order valence-electron chi connectivity index (χ3n) is 4.89. The lowest BCUT2D eigenvalue weighted by atomic mass is 10.0. The van der Waals surface area contributed by atoms with Crippen molar-refractivity contribution in [2.45, 2.75) is 13.0 Å². The summed E-state index contributed by atoms with van der Waals surface area (Å²) in [6.45, 7) is 2.81. The summed E-state index contributed by atoms with van der Waals surface area (Å²) in [5.41, 5.74) is 2.76. The van der Waals surface area contributed by atoms with Crippen molar-refractivity contribution in [1.82, 2.24) is 9.80 Å². The highest BCUT2D eigenvalue weighted by molar-refractivity contribution is 5.98. The summed E-state index contributed by atoms with van der Waals surface area (Å²) in [5.74, 6) is -0.595. The van der Waals surface area contributed by atoms with Crippen LogP contribution in [0.5, 0.6) is 0 Å². The fourth-order valence-corrected chi connectivity index (χ4v) is 3.21. The molecule has 0 aliphatic carbocycles. The minimum absolute atomic E-state index is 0.0501. The Hall–Kier alpha value is -3.15. The van der Waals surface area contributed by atoms with Gasteiger partial charge >= 0.3 is 5.97 Å². The molecule has 2 amide bonds. The van der Waals surface area contributed by atoms with Crippen molar-refractivity contribution >= 4 is 17.8 Å². The molecule has 0 radical (unpaired) electrons. The fraction of sp³-hybridized carbons (Fsp3) is 0.286. The average Bonchev–Trinajstić information content (AvgIpc) is 2.71. The van der Waals surface area contributed by atoms with E-state index in [4.69, 9.17) is 4.74 Å². The first-order valence-corrected chi connectivity index (χ1v) is 8.77. The van der Waals surface area contributed by atoms with Crippen LogP contribution >= 0.6 is 0 Å². The molecule has 0 saturated carbocycles. The summed E-state index contributed by atoms with van der Waals surface area (Å²) in [7, 11) is 3.09. The predicted octanol–water partition coefficient (Wildman–Crippen LogP) is 2.44. The number of esters is 1. The van der Waals surface area contributed by atoms with Crippen molar-refractivity contribution in [3.63, 3.8) is 0 Å². The molecule has 6 nitrogen and oxygen atoms in total. The highest BCUT2D eigenvalue weighted by Crippen LogP contribution is 2.22. The van der Waals surface area contributed by atoms with Crippen LogP contribution in [0.4, 0.5) is 0 Å². The molecule has 6 heteroatoms. The van der Waals surface area contributed by atoms with Crippen molar-refractivity contribution in [2.75, 3.05) is 27.2 Å². The quantitative estimate of drug-likeness (QED) is 0.783. The van der Waals surface area contributed by atoms with Crippen molar-refractivity contribution in [2.24, 2.45) is 0 Å². The summed E-state index contributed by atoms with van der Waals surface area (Å²) >= 11 is 0. The zero-order valence-electron chi connectivity index (χ0n) is 15.6. The number of hydrogen-bond donors (Lipinski definition) is 0. The number of amides is 2. The lowest BCUT2D eigenvalue weighted by molar-refractivity contribution is -0.137. The van der Waals surface area contributed by atoms with E-state index >= 15 is 0 Å². The van der Waals surface area contributed by atoms with Gasteiger partial charge in [-0.25, -0.2) is 4.79 Å². The van der Waals surface area contributed by atoms with Gasteiger partial charge in [0.15, 0.2) is 0 Å². The van der Waals surface area contributed by atoms with Crippen LogP contribution in [-0.4, -0.2) is 60.9 Å². The summed E-state index contributed by atoms with van der Waals surface area (Å²) in [4.78, 5) is 39.8. The second kappa shape index (κ2) is 7.61. The molecule has 1 atom stereocenters. The molecule has 1 aliphatic rings. The van der Waals surface area contributed by atoms with Gasteiger partial charge in [0.2, 0.25) is 5.91 Å². The van der Waals surface area contributed by atoms with E-state index in [2.05, 4.69) is 0 Å². The van der Waals surface area contributed by atoms with Gasteiger partial charge in [-0.2, -0.15) is 0 Å². The van der Waals surface area contributed by atoms with Crippen LogP contribution in [0.3, 0.4) is 0 Å². The molecule has 1 aliphatic heterocycles. The molecule has 0 bridgehead atoms. The molecule has 2 aromatic rings. The lowest BCUT2D eigenvalue weighted by Gasteiger charge is -2.37. The van der Waals surface area contributed by atoms with E-state index in [0.717, 1.165) is 11.1 Å². The Labute approximate surface area is 158 Å². The maximum atomic E-state index is 12.8. The first-order chi connectivity index (χ1) is 12.9. The normalized spacial score (nSPS) is 17.0. The third kappa shape index (κ3) is 3.69. The van der Waals surface area contributed by atoms with Gasteiger partial charge in [-0.3, -0.25) is 9.59 Å². The number of likely N-dealkylation sites (N-methyl/N-ethyl adjacent to an activating group) is 1. The molecule has 0 N–H and O–H groups in total. The second-order valence-corrected chi connectivity index (χ2v) is 6.58. The summed E-state index contributed by atoms with van der Waals surface area (Å²) in [6, 6.07) is 13.8.